The summed E-state index contributed by atoms with van der Waals surface area (Å²) in [5.41, 5.74) is 2.19. The molecule has 4 nitrogen and oxygen atoms in total. The van der Waals surface area contributed by atoms with Gasteiger partial charge in [0, 0.05) is 0 Å². The van der Waals surface area contributed by atoms with E-state index < -0.39 is 6.16 Å². The smallest absolute Gasteiger partial charge is 0.493 e. The number of aryl methyl sites for hydroxylation is 1. The zero-order valence-corrected chi connectivity index (χ0v) is 10.2. The molecule has 0 amide bonds. The molecule has 0 aromatic heterocycles. The van der Waals surface area contributed by atoms with Crippen LogP contribution in [0.15, 0.2) is 12.1 Å². The van der Waals surface area contributed by atoms with Gasteiger partial charge in [0.1, 0.15) is 0 Å². The number of methoxy groups -OCH3 is 1. The van der Waals surface area contributed by atoms with Crippen LogP contribution in [-0.4, -0.2) is 18.4 Å². The van der Waals surface area contributed by atoms with E-state index in [0.717, 1.165) is 24.0 Å². The number of hydrogen-bond donors (Lipinski definition) is 1. The zero-order chi connectivity index (χ0) is 12.6. The fraction of sp³-hybridized carbons (Fsp3) is 0.462. The third kappa shape index (κ3) is 2.20. The van der Waals surface area contributed by atoms with Gasteiger partial charge in [0.05, 0.1) is 7.11 Å². The summed E-state index contributed by atoms with van der Waals surface area (Å²) >= 11 is 0. The molecule has 17 heavy (non-hydrogen) atoms. The van der Waals surface area contributed by atoms with Gasteiger partial charge in [-0.25, -0.2) is 4.79 Å². The molecule has 2 rings (SSSR count). The first kappa shape index (κ1) is 11.8. The molecule has 0 heterocycles. The van der Waals surface area contributed by atoms with E-state index in [1.165, 1.54) is 7.11 Å². The molecular weight excluding hydrogens is 220 g/mol. The largest absolute Gasteiger partial charge is 0.511 e. The fourth-order valence-electron chi connectivity index (χ4n) is 2.00. The molecule has 0 radical (unpaired) electrons. The van der Waals surface area contributed by atoms with Gasteiger partial charge in [-0.2, -0.15) is 0 Å². The number of carboxylic acid groups (broad SMARTS) is 1. The van der Waals surface area contributed by atoms with Crippen LogP contribution >= 0.6 is 0 Å². The second-order valence-electron chi connectivity index (χ2n) is 4.75. The summed E-state index contributed by atoms with van der Waals surface area (Å²) in [6, 6.07) is 3.81. The molecule has 4 heteroatoms. The van der Waals surface area contributed by atoms with Crippen LogP contribution in [0, 0.1) is 6.92 Å². The highest BCUT2D eigenvalue weighted by Gasteiger charge is 2.39. The molecule has 0 atom stereocenters. The van der Waals surface area contributed by atoms with Gasteiger partial charge in [-0.05, 0) is 42.4 Å². The van der Waals surface area contributed by atoms with E-state index in [0.29, 0.717) is 5.75 Å². The quantitative estimate of drug-likeness (QED) is 0.647. The molecule has 1 aliphatic carbocycles. The highest BCUT2D eigenvalue weighted by molar-refractivity contribution is 5.64. The average molecular weight is 236 g/mol. The van der Waals surface area contributed by atoms with Gasteiger partial charge in [0.15, 0.2) is 11.5 Å². The van der Waals surface area contributed by atoms with Crippen molar-refractivity contribution in [1.29, 1.82) is 0 Å². The van der Waals surface area contributed by atoms with Gasteiger partial charge in [-0.15, -0.1) is 0 Å². The minimum absolute atomic E-state index is 0.174. The summed E-state index contributed by atoms with van der Waals surface area (Å²) in [5.74, 6) is 0.767. The molecule has 1 fully saturated rings. The van der Waals surface area contributed by atoms with Crippen LogP contribution < -0.4 is 9.47 Å². The number of hydrogen-bond acceptors (Lipinski definition) is 3. The van der Waals surface area contributed by atoms with E-state index in [4.69, 9.17) is 14.6 Å². The lowest BCUT2D eigenvalue weighted by Gasteiger charge is -2.15. The second kappa shape index (κ2) is 3.95. The molecule has 0 saturated heterocycles. The van der Waals surface area contributed by atoms with Crippen LogP contribution in [0.5, 0.6) is 11.5 Å². The van der Waals surface area contributed by atoms with Crippen molar-refractivity contribution in [3.05, 3.63) is 23.3 Å². The van der Waals surface area contributed by atoms with Crippen molar-refractivity contribution in [2.24, 2.45) is 0 Å². The van der Waals surface area contributed by atoms with Crippen molar-refractivity contribution >= 4 is 6.16 Å². The number of carbonyl (C=O) groups is 1. The van der Waals surface area contributed by atoms with Gasteiger partial charge in [0.25, 0.3) is 0 Å². The molecular formula is C13H16O4. The predicted molar refractivity (Wildman–Crippen MR) is 63.0 cm³/mol. The van der Waals surface area contributed by atoms with E-state index in [2.05, 4.69) is 6.92 Å². The third-order valence-electron chi connectivity index (χ3n) is 3.34. The maximum Gasteiger partial charge on any atom is 0.511 e. The summed E-state index contributed by atoms with van der Waals surface area (Å²) in [7, 11) is 1.51. The van der Waals surface area contributed by atoms with Crippen molar-refractivity contribution in [2.45, 2.75) is 32.1 Å². The van der Waals surface area contributed by atoms with Gasteiger partial charge >= 0.3 is 6.16 Å². The minimum Gasteiger partial charge on any atom is -0.493 e. The number of benzene rings is 1. The maximum atomic E-state index is 10.6. The van der Waals surface area contributed by atoms with Gasteiger partial charge < -0.3 is 14.6 Å². The molecule has 1 aromatic carbocycles. The Balaban J connectivity index is 2.46. The molecule has 0 spiro atoms. The summed E-state index contributed by atoms with van der Waals surface area (Å²) in [6.45, 7) is 4.06. The Morgan fingerprint density at radius 3 is 2.53 bits per heavy atom. The highest BCUT2D eigenvalue weighted by Crippen LogP contribution is 2.50. The van der Waals surface area contributed by atoms with Crippen LogP contribution in [0.4, 0.5) is 4.79 Å². The molecule has 1 aromatic rings. The third-order valence-corrected chi connectivity index (χ3v) is 3.34. The highest BCUT2D eigenvalue weighted by atomic mass is 16.7. The second-order valence-corrected chi connectivity index (χ2v) is 4.75. The van der Waals surface area contributed by atoms with E-state index in [1.807, 2.05) is 13.0 Å². The Hall–Kier alpha value is -1.71. The average Bonchev–Trinajstić information content (AvgIpc) is 2.96. The minimum atomic E-state index is -1.32. The topological polar surface area (TPSA) is 55.8 Å². The first-order valence-electron chi connectivity index (χ1n) is 5.56. The monoisotopic (exact) mass is 236 g/mol. The lowest BCUT2D eigenvalue weighted by molar-refractivity contribution is 0.142. The fourth-order valence-corrected chi connectivity index (χ4v) is 2.00. The molecule has 1 saturated carbocycles. The lowest BCUT2D eigenvalue weighted by Crippen LogP contribution is -2.08. The van der Waals surface area contributed by atoms with Crippen molar-refractivity contribution in [2.75, 3.05) is 7.11 Å². The van der Waals surface area contributed by atoms with Crippen LogP contribution in [0.25, 0.3) is 0 Å². The van der Waals surface area contributed by atoms with E-state index in [1.54, 1.807) is 6.07 Å². The van der Waals surface area contributed by atoms with Crippen LogP contribution in [0.3, 0.4) is 0 Å². The van der Waals surface area contributed by atoms with Crippen molar-refractivity contribution in [1.82, 2.24) is 0 Å². The lowest BCUT2D eigenvalue weighted by atomic mass is 9.96. The molecule has 1 N–H and O–H groups in total. The first-order chi connectivity index (χ1) is 7.96. The number of rotatable bonds is 3. The van der Waals surface area contributed by atoms with Gasteiger partial charge in [0.2, 0.25) is 0 Å². The standard InChI is InChI=1S/C13H16O4/c1-8-6-9(13(2)4-5-13)7-10(11(8)16-3)17-12(14)15/h6-7H,4-5H2,1-3H3,(H,14,15). The van der Waals surface area contributed by atoms with Crippen molar-refractivity contribution in [3.63, 3.8) is 0 Å². The van der Waals surface area contributed by atoms with Gasteiger partial charge in [-0.1, -0.05) is 13.0 Å². The molecule has 92 valence electrons. The van der Waals surface area contributed by atoms with Gasteiger partial charge in [-0.3, -0.25) is 0 Å². The van der Waals surface area contributed by atoms with Crippen molar-refractivity contribution < 1.29 is 19.4 Å². The Kier molecular flexibility index (Phi) is 2.73. The molecule has 0 unspecified atom stereocenters. The van der Waals surface area contributed by atoms with Crippen LogP contribution in [-0.2, 0) is 5.41 Å². The summed E-state index contributed by atoms with van der Waals surface area (Å²) in [4.78, 5) is 10.6. The zero-order valence-electron chi connectivity index (χ0n) is 10.2. The van der Waals surface area contributed by atoms with Crippen molar-refractivity contribution in [3.8, 4) is 11.5 Å². The molecule has 0 bridgehead atoms. The Morgan fingerprint density at radius 1 is 1.41 bits per heavy atom. The predicted octanol–water partition coefficient (Wildman–Crippen LogP) is 3.11. The van der Waals surface area contributed by atoms with Crippen LogP contribution in [0.2, 0.25) is 0 Å². The summed E-state index contributed by atoms with van der Waals surface area (Å²) in [5, 5.41) is 8.71. The van der Waals surface area contributed by atoms with E-state index in [9.17, 15) is 4.79 Å². The Bertz CT molecular complexity index is 461. The normalized spacial score (nSPS) is 16.4. The van der Waals surface area contributed by atoms with E-state index in [-0.39, 0.29) is 11.2 Å². The Morgan fingerprint density at radius 2 is 2.06 bits per heavy atom. The Labute approximate surface area is 100 Å². The maximum absolute atomic E-state index is 10.6. The van der Waals surface area contributed by atoms with E-state index >= 15 is 0 Å². The van der Waals surface area contributed by atoms with Crippen LogP contribution in [0.1, 0.15) is 30.9 Å². The summed E-state index contributed by atoms with van der Waals surface area (Å²) in [6.07, 6.45) is 0.942. The first-order valence-corrected chi connectivity index (χ1v) is 5.56. The molecule has 1 aliphatic rings. The summed E-state index contributed by atoms with van der Waals surface area (Å²) < 4.78 is 9.95. The number of ether oxygens (including phenoxy) is 2. The molecule has 0 aliphatic heterocycles. The SMILES string of the molecule is COc1c(C)cc(C2(C)CC2)cc1OC(=O)O.